The fourth-order valence-electron chi connectivity index (χ4n) is 1.55. The zero-order chi connectivity index (χ0) is 10.6. The molecule has 76 valence electrons. The first-order valence-corrected chi connectivity index (χ1v) is 4.89. The topological polar surface area (TPSA) is 49.4 Å². The van der Waals surface area contributed by atoms with Crippen LogP contribution >= 0.6 is 0 Å². The van der Waals surface area contributed by atoms with Gasteiger partial charge in [0.1, 0.15) is 5.78 Å². The Hall–Kier alpha value is -0.835. The van der Waals surface area contributed by atoms with E-state index in [0.717, 1.165) is 19.4 Å². The SMILES string of the molecule is [B]N1CCCC1C(=O)NCCC(C)=O. The van der Waals surface area contributed by atoms with Crippen LogP contribution < -0.4 is 5.32 Å². The number of carbonyl (C=O) groups is 2. The zero-order valence-electron chi connectivity index (χ0n) is 8.45. The molecule has 14 heavy (non-hydrogen) atoms. The highest BCUT2D eigenvalue weighted by Crippen LogP contribution is 2.13. The van der Waals surface area contributed by atoms with Crippen molar-refractivity contribution in [1.82, 2.24) is 10.1 Å². The van der Waals surface area contributed by atoms with Gasteiger partial charge in [0.25, 0.3) is 0 Å². The van der Waals surface area contributed by atoms with E-state index in [9.17, 15) is 9.59 Å². The summed E-state index contributed by atoms with van der Waals surface area (Å²) < 4.78 is 0. The maximum Gasteiger partial charge on any atom is 0.236 e. The van der Waals surface area contributed by atoms with Crippen LogP contribution in [-0.2, 0) is 9.59 Å². The van der Waals surface area contributed by atoms with Crippen molar-refractivity contribution in [3.8, 4) is 0 Å². The highest BCUT2D eigenvalue weighted by Gasteiger charge is 2.26. The molecule has 1 aliphatic rings. The fourth-order valence-corrected chi connectivity index (χ4v) is 1.55. The minimum Gasteiger partial charge on any atom is -0.354 e. The van der Waals surface area contributed by atoms with Crippen LogP contribution in [0.15, 0.2) is 0 Å². The molecule has 0 spiro atoms. The zero-order valence-corrected chi connectivity index (χ0v) is 8.45. The minimum atomic E-state index is -0.207. The summed E-state index contributed by atoms with van der Waals surface area (Å²) in [5.41, 5.74) is 0. The molecule has 1 atom stereocenters. The van der Waals surface area contributed by atoms with Crippen LogP contribution in [0.3, 0.4) is 0 Å². The van der Waals surface area contributed by atoms with Crippen molar-refractivity contribution in [3.63, 3.8) is 0 Å². The van der Waals surface area contributed by atoms with Gasteiger partial charge in [-0.1, -0.05) is 0 Å². The second-order valence-electron chi connectivity index (χ2n) is 3.64. The molecule has 1 heterocycles. The number of nitrogens with one attached hydrogen (secondary N) is 1. The minimum absolute atomic E-state index is 0.0637. The Kier molecular flexibility index (Phi) is 4.13. The Morgan fingerprint density at radius 3 is 2.79 bits per heavy atom. The van der Waals surface area contributed by atoms with Crippen molar-refractivity contribution in [1.29, 1.82) is 0 Å². The summed E-state index contributed by atoms with van der Waals surface area (Å²) in [4.78, 5) is 23.7. The monoisotopic (exact) mass is 194 g/mol. The van der Waals surface area contributed by atoms with Gasteiger partial charge in [-0.05, 0) is 26.3 Å². The largest absolute Gasteiger partial charge is 0.354 e. The van der Waals surface area contributed by atoms with Crippen LogP contribution in [-0.4, -0.2) is 43.6 Å². The van der Waals surface area contributed by atoms with Gasteiger partial charge in [0, 0.05) is 13.0 Å². The number of nitrogens with zero attached hydrogens (tertiary/aromatic N) is 1. The van der Waals surface area contributed by atoms with Gasteiger partial charge >= 0.3 is 0 Å². The van der Waals surface area contributed by atoms with Crippen LogP contribution in [0.25, 0.3) is 0 Å². The van der Waals surface area contributed by atoms with Crippen LogP contribution in [0.4, 0.5) is 0 Å². The van der Waals surface area contributed by atoms with Gasteiger partial charge in [-0.3, -0.25) is 9.59 Å². The Morgan fingerprint density at radius 2 is 2.29 bits per heavy atom. The molecule has 1 saturated heterocycles. The summed E-state index contributed by atoms with van der Waals surface area (Å²) in [7, 11) is 5.62. The summed E-state index contributed by atoms with van der Waals surface area (Å²) in [5, 5.41) is 2.70. The van der Waals surface area contributed by atoms with E-state index >= 15 is 0 Å². The van der Waals surface area contributed by atoms with Crippen LogP contribution in [0.1, 0.15) is 26.2 Å². The first-order valence-electron chi connectivity index (χ1n) is 4.89. The standard InChI is InChI=1S/C9H15BN2O2/c1-7(13)4-5-11-9(14)8-3-2-6-12(8)10/h8H,2-6H2,1H3,(H,11,14). The first kappa shape index (κ1) is 11.2. The number of hydrogen-bond donors (Lipinski definition) is 1. The maximum absolute atomic E-state index is 11.5. The van der Waals surface area contributed by atoms with E-state index in [0.29, 0.717) is 13.0 Å². The molecule has 0 aromatic carbocycles. The highest BCUT2D eigenvalue weighted by atomic mass is 16.2. The van der Waals surface area contributed by atoms with E-state index in [2.05, 4.69) is 5.32 Å². The van der Waals surface area contributed by atoms with Crippen molar-refractivity contribution in [3.05, 3.63) is 0 Å². The Balaban J connectivity index is 2.24. The molecule has 2 radical (unpaired) electrons. The number of carbonyl (C=O) groups excluding carboxylic acids is 2. The van der Waals surface area contributed by atoms with E-state index in [-0.39, 0.29) is 17.7 Å². The second kappa shape index (κ2) is 5.15. The molecule has 0 bridgehead atoms. The number of hydrogen-bond acceptors (Lipinski definition) is 3. The molecule has 0 saturated carbocycles. The van der Waals surface area contributed by atoms with Crippen molar-refractivity contribution < 1.29 is 9.59 Å². The third kappa shape index (κ3) is 3.14. The van der Waals surface area contributed by atoms with Crippen molar-refractivity contribution in [2.45, 2.75) is 32.2 Å². The summed E-state index contributed by atoms with van der Waals surface area (Å²) in [6, 6.07) is -0.207. The molecular weight excluding hydrogens is 179 g/mol. The van der Waals surface area contributed by atoms with Gasteiger partial charge in [0.2, 0.25) is 5.91 Å². The molecule has 0 aliphatic carbocycles. The van der Waals surface area contributed by atoms with Crippen LogP contribution in [0, 0.1) is 0 Å². The van der Waals surface area contributed by atoms with Gasteiger partial charge in [-0.2, -0.15) is 0 Å². The molecule has 1 amide bonds. The summed E-state index contributed by atoms with van der Waals surface area (Å²) in [5.74, 6) is 0.0209. The van der Waals surface area contributed by atoms with Crippen molar-refractivity contribution in [2.24, 2.45) is 0 Å². The third-order valence-electron chi connectivity index (χ3n) is 2.37. The van der Waals surface area contributed by atoms with E-state index in [1.807, 2.05) is 0 Å². The third-order valence-corrected chi connectivity index (χ3v) is 2.37. The molecule has 0 aromatic heterocycles. The maximum atomic E-state index is 11.5. The molecule has 1 fully saturated rings. The van der Waals surface area contributed by atoms with Gasteiger partial charge in [0.15, 0.2) is 7.98 Å². The normalized spacial score (nSPS) is 22.2. The molecule has 5 heteroatoms. The van der Waals surface area contributed by atoms with Crippen molar-refractivity contribution >= 4 is 19.7 Å². The lowest BCUT2D eigenvalue weighted by Crippen LogP contribution is -2.42. The predicted octanol–water partition coefficient (Wildman–Crippen LogP) is -0.370. The molecule has 0 aromatic rings. The van der Waals surface area contributed by atoms with Gasteiger partial charge in [0.05, 0.1) is 6.04 Å². The average Bonchev–Trinajstić information content (AvgIpc) is 2.50. The summed E-state index contributed by atoms with van der Waals surface area (Å²) in [6.45, 7) is 2.69. The molecule has 1 aliphatic heterocycles. The van der Waals surface area contributed by atoms with Crippen LogP contribution in [0.5, 0.6) is 0 Å². The Bertz CT molecular complexity index is 233. The average molecular weight is 194 g/mol. The quantitative estimate of drug-likeness (QED) is 0.621. The summed E-state index contributed by atoms with van der Waals surface area (Å²) >= 11 is 0. The molecular formula is C9H15BN2O2. The molecule has 4 nitrogen and oxygen atoms in total. The van der Waals surface area contributed by atoms with E-state index in [4.69, 9.17) is 7.98 Å². The first-order chi connectivity index (χ1) is 6.61. The number of amides is 1. The van der Waals surface area contributed by atoms with Gasteiger partial charge in [-0.15, -0.1) is 0 Å². The second-order valence-corrected chi connectivity index (χ2v) is 3.64. The van der Waals surface area contributed by atoms with E-state index < -0.39 is 0 Å². The highest BCUT2D eigenvalue weighted by molar-refractivity contribution is 6.07. The van der Waals surface area contributed by atoms with Crippen LogP contribution in [0.2, 0.25) is 0 Å². The smallest absolute Gasteiger partial charge is 0.236 e. The number of rotatable bonds is 4. The summed E-state index contributed by atoms with van der Waals surface area (Å²) in [6.07, 6.45) is 2.16. The lowest BCUT2D eigenvalue weighted by Gasteiger charge is -2.18. The molecule has 1 unspecified atom stereocenters. The van der Waals surface area contributed by atoms with E-state index in [1.54, 1.807) is 4.81 Å². The van der Waals surface area contributed by atoms with Crippen molar-refractivity contribution in [2.75, 3.05) is 13.1 Å². The molecule has 1 rings (SSSR count). The fraction of sp³-hybridized carbons (Fsp3) is 0.778. The molecule has 1 N–H and O–H groups in total. The van der Waals surface area contributed by atoms with E-state index in [1.165, 1.54) is 6.92 Å². The van der Waals surface area contributed by atoms with Gasteiger partial charge in [-0.25, -0.2) is 0 Å². The number of Topliss-reactive ketones (excluding diaryl/α,β-unsaturated/α-hetero) is 1. The Morgan fingerprint density at radius 1 is 1.57 bits per heavy atom. The Labute approximate surface area is 85.5 Å². The predicted molar refractivity (Wildman–Crippen MR) is 53.8 cm³/mol. The number of ketones is 1. The van der Waals surface area contributed by atoms with Gasteiger partial charge < -0.3 is 10.1 Å². The lowest BCUT2D eigenvalue weighted by molar-refractivity contribution is -0.124. The lowest BCUT2D eigenvalue weighted by atomic mass is 10.1.